The molecule has 0 unspecified atom stereocenters. The monoisotopic (exact) mass is 426 g/mol. The molecule has 3 rings (SSSR count). The number of ether oxygens (including phenoxy) is 1. The van der Waals surface area contributed by atoms with Gasteiger partial charge in [0.2, 0.25) is 0 Å². The van der Waals surface area contributed by atoms with Gasteiger partial charge in [-0.25, -0.2) is 18.4 Å². The number of nitrogen functional groups attached to an aromatic ring is 1. The van der Waals surface area contributed by atoms with Crippen LogP contribution in [-0.2, 0) is 9.84 Å². The quantitative estimate of drug-likeness (QED) is 0.530. The van der Waals surface area contributed by atoms with Crippen molar-refractivity contribution in [2.75, 3.05) is 18.9 Å². The van der Waals surface area contributed by atoms with Crippen molar-refractivity contribution in [2.45, 2.75) is 30.4 Å². The molecule has 1 aromatic heterocycles. The van der Waals surface area contributed by atoms with Gasteiger partial charge >= 0.3 is 0 Å². The van der Waals surface area contributed by atoms with Crippen LogP contribution in [0.1, 0.15) is 20.3 Å². The van der Waals surface area contributed by atoms with Crippen molar-refractivity contribution in [3.05, 3.63) is 54.7 Å². The molecule has 30 heavy (non-hydrogen) atoms. The number of hydrogen-bond donors (Lipinski definition) is 2. The molecule has 0 bridgehead atoms. The molecule has 0 aliphatic heterocycles. The Hall–Kier alpha value is -2.97. The summed E-state index contributed by atoms with van der Waals surface area (Å²) in [5.74, 6) is 1.01. The molecule has 0 fully saturated rings. The smallest absolute Gasteiger partial charge is 0.180 e. The molecule has 8 heteroatoms. The molecule has 2 aromatic carbocycles. The molecule has 0 aliphatic rings. The zero-order chi connectivity index (χ0) is 21.7. The lowest BCUT2D eigenvalue weighted by molar-refractivity contribution is 0.313. The first-order valence-electron chi connectivity index (χ1n) is 9.73. The molecule has 0 saturated carbocycles. The minimum atomic E-state index is -3.33. The predicted molar refractivity (Wildman–Crippen MR) is 119 cm³/mol. The van der Waals surface area contributed by atoms with E-state index in [1.165, 1.54) is 0 Å². The molecule has 7 nitrogen and oxygen atoms in total. The summed E-state index contributed by atoms with van der Waals surface area (Å²) in [6.07, 6.45) is 2.34. The highest BCUT2D eigenvalue weighted by atomic mass is 32.2. The molecule has 1 heterocycles. The number of rotatable bonds is 8. The molecule has 0 radical (unpaired) electrons. The van der Waals surface area contributed by atoms with Crippen LogP contribution < -0.4 is 16.2 Å². The number of anilines is 1. The number of nitrogens with two attached hydrogens (primary N) is 2. The first kappa shape index (κ1) is 21.7. The summed E-state index contributed by atoms with van der Waals surface area (Å²) in [6, 6.07) is 14.1. The summed E-state index contributed by atoms with van der Waals surface area (Å²) in [6.45, 7) is 4.42. The third kappa shape index (κ3) is 4.77. The molecule has 3 aromatic rings. The fourth-order valence-electron chi connectivity index (χ4n) is 2.84. The molecule has 0 saturated heterocycles. The van der Waals surface area contributed by atoms with Gasteiger partial charge in [-0.15, -0.1) is 0 Å². The molecule has 158 valence electrons. The van der Waals surface area contributed by atoms with Gasteiger partial charge in [-0.1, -0.05) is 24.3 Å². The van der Waals surface area contributed by atoms with Gasteiger partial charge in [-0.05, 0) is 51.1 Å². The number of hydrogen-bond acceptors (Lipinski definition) is 7. The van der Waals surface area contributed by atoms with Crippen molar-refractivity contribution in [1.29, 1.82) is 0 Å². The number of nitrogens with zero attached hydrogens (tertiary/aromatic N) is 2. The first-order valence-corrected chi connectivity index (χ1v) is 11.3. The SMILES string of the molecule is CC(C)S(=O)(=O)c1ccc(-c2cnc(N)c(-c3cccc(OCCCN)c3)n2)cc1. The first-order chi connectivity index (χ1) is 14.3. The second-order valence-electron chi connectivity index (χ2n) is 7.13. The molecular formula is C22H26N4O3S. The van der Waals surface area contributed by atoms with Gasteiger partial charge in [0, 0.05) is 11.1 Å². The fourth-order valence-corrected chi connectivity index (χ4v) is 3.90. The van der Waals surface area contributed by atoms with Gasteiger partial charge < -0.3 is 16.2 Å². The van der Waals surface area contributed by atoms with Gasteiger partial charge in [0.1, 0.15) is 17.3 Å². The highest BCUT2D eigenvalue weighted by Crippen LogP contribution is 2.29. The van der Waals surface area contributed by atoms with Crippen LogP contribution in [0.15, 0.2) is 59.6 Å². The maximum Gasteiger partial charge on any atom is 0.180 e. The van der Waals surface area contributed by atoms with E-state index >= 15 is 0 Å². The van der Waals surface area contributed by atoms with Crippen LogP contribution >= 0.6 is 0 Å². The minimum Gasteiger partial charge on any atom is -0.494 e. The topological polar surface area (TPSA) is 121 Å². The zero-order valence-electron chi connectivity index (χ0n) is 17.1. The van der Waals surface area contributed by atoms with Crippen LogP contribution in [0.3, 0.4) is 0 Å². The van der Waals surface area contributed by atoms with Crippen LogP contribution in [0.5, 0.6) is 5.75 Å². The summed E-state index contributed by atoms with van der Waals surface area (Å²) in [5, 5.41) is -0.481. The number of benzene rings is 2. The lowest BCUT2D eigenvalue weighted by Crippen LogP contribution is -2.13. The molecule has 0 spiro atoms. The van der Waals surface area contributed by atoms with Crippen LogP contribution in [0.4, 0.5) is 5.82 Å². The second kappa shape index (κ2) is 9.23. The summed E-state index contributed by atoms with van der Waals surface area (Å²) < 4.78 is 30.4. The van der Waals surface area contributed by atoms with Gasteiger partial charge in [0.25, 0.3) is 0 Å². The highest BCUT2D eigenvalue weighted by molar-refractivity contribution is 7.92. The van der Waals surface area contributed by atoms with Gasteiger partial charge in [0.15, 0.2) is 9.84 Å². The van der Waals surface area contributed by atoms with E-state index in [1.54, 1.807) is 44.3 Å². The summed E-state index contributed by atoms with van der Waals surface area (Å²) in [4.78, 5) is 9.23. The Bertz CT molecular complexity index is 1110. The van der Waals surface area contributed by atoms with E-state index in [4.69, 9.17) is 16.2 Å². The Labute approximate surface area is 177 Å². The van der Waals surface area contributed by atoms with Crippen LogP contribution in [0.25, 0.3) is 22.5 Å². The third-order valence-corrected chi connectivity index (χ3v) is 6.80. The van der Waals surface area contributed by atoms with Gasteiger partial charge in [-0.2, -0.15) is 0 Å². The fraction of sp³-hybridized carbons (Fsp3) is 0.273. The zero-order valence-corrected chi connectivity index (χ0v) is 17.9. The van der Waals surface area contributed by atoms with Crippen molar-refractivity contribution < 1.29 is 13.2 Å². The van der Waals surface area contributed by atoms with Gasteiger partial charge in [-0.3, -0.25) is 0 Å². The Balaban J connectivity index is 1.92. The normalized spacial score (nSPS) is 11.6. The lowest BCUT2D eigenvalue weighted by atomic mass is 10.1. The molecular weight excluding hydrogens is 400 g/mol. The standard InChI is InChI=1S/C22H26N4O3S/c1-15(2)30(27,28)19-9-7-16(8-10-19)20-14-25-22(24)21(26-20)17-5-3-6-18(13-17)29-12-4-11-23/h3,5-10,13-15H,4,11-12,23H2,1-2H3,(H2,24,25). The average Bonchev–Trinajstić information content (AvgIpc) is 2.74. The Morgan fingerprint density at radius 2 is 1.80 bits per heavy atom. The van der Waals surface area contributed by atoms with Crippen molar-refractivity contribution in [1.82, 2.24) is 9.97 Å². The summed E-state index contributed by atoms with van der Waals surface area (Å²) in [5.41, 5.74) is 14.3. The Kier molecular flexibility index (Phi) is 6.69. The molecule has 0 amide bonds. The number of sulfone groups is 1. The van der Waals surface area contributed by atoms with Crippen molar-refractivity contribution in [3.8, 4) is 28.3 Å². The minimum absolute atomic E-state index is 0.284. The Morgan fingerprint density at radius 3 is 2.47 bits per heavy atom. The van der Waals surface area contributed by atoms with E-state index in [0.717, 1.165) is 17.5 Å². The van der Waals surface area contributed by atoms with Gasteiger partial charge in [0.05, 0.1) is 28.6 Å². The maximum atomic E-state index is 12.3. The molecule has 4 N–H and O–H groups in total. The largest absolute Gasteiger partial charge is 0.494 e. The maximum absolute atomic E-state index is 12.3. The Morgan fingerprint density at radius 1 is 1.07 bits per heavy atom. The van der Waals surface area contributed by atoms with E-state index in [-0.39, 0.29) is 4.90 Å². The van der Waals surface area contributed by atoms with Crippen LogP contribution in [0.2, 0.25) is 0 Å². The number of aromatic nitrogens is 2. The van der Waals surface area contributed by atoms with Crippen molar-refractivity contribution >= 4 is 15.7 Å². The van der Waals surface area contributed by atoms with Crippen molar-refractivity contribution in [3.63, 3.8) is 0 Å². The average molecular weight is 427 g/mol. The third-order valence-electron chi connectivity index (χ3n) is 4.62. The molecule has 0 atom stereocenters. The highest BCUT2D eigenvalue weighted by Gasteiger charge is 2.19. The van der Waals surface area contributed by atoms with E-state index in [9.17, 15) is 8.42 Å². The van der Waals surface area contributed by atoms with E-state index in [2.05, 4.69) is 9.97 Å². The lowest BCUT2D eigenvalue weighted by Gasteiger charge is -2.11. The summed E-state index contributed by atoms with van der Waals surface area (Å²) >= 11 is 0. The van der Waals surface area contributed by atoms with Crippen LogP contribution in [0, 0.1) is 0 Å². The van der Waals surface area contributed by atoms with E-state index in [1.807, 2.05) is 24.3 Å². The van der Waals surface area contributed by atoms with Crippen LogP contribution in [-0.4, -0.2) is 36.8 Å². The second-order valence-corrected chi connectivity index (χ2v) is 9.63. The predicted octanol–water partition coefficient (Wildman–Crippen LogP) is 3.30. The van der Waals surface area contributed by atoms with E-state index < -0.39 is 15.1 Å². The summed E-state index contributed by atoms with van der Waals surface area (Å²) in [7, 11) is -3.33. The molecule has 0 aliphatic carbocycles. The van der Waals surface area contributed by atoms with Crippen molar-refractivity contribution in [2.24, 2.45) is 5.73 Å². The van der Waals surface area contributed by atoms with E-state index in [0.29, 0.717) is 36.1 Å².